The molecule has 0 fully saturated rings. The maximum Gasteiger partial charge on any atom is 0.149 e. The first kappa shape index (κ1) is 13.4. The Hall–Kier alpha value is -0.670. The van der Waals surface area contributed by atoms with Crippen LogP contribution >= 0.6 is 23.2 Å². The van der Waals surface area contributed by atoms with Crippen molar-refractivity contribution in [3.63, 3.8) is 0 Å². The number of hydrogen-bond acceptors (Lipinski definition) is 3. The van der Waals surface area contributed by atoms with E-state index < -0.39 is 0 Å². The second kappa shape index (κ2) is 6.16. The Morgan fingerprint density at radius 1 is 1.19 bits per heavy atom. The summed E-state index contributed by atoms with van der Waals surface area (Å²) in [6.45, 7) is 6.08. The third-order valence-corrected chi connectivity index (χ3v) is 2.81. The second-order valence-corrected chi connectivity index (χ2v) is 4.46. The van der Waals surface area contributed by atoms with Crippen molar-refractivity contribution in [2.75, 3.05) is 23.7 Å². The minimum atomic E-state index is 0.332. The Labute approximate surface area is 107 Å². The molecule has 90 valence electrons. The molecule has 0 spiro atoms. The Kier molecular flexibility index (Phi) is 5.16. The van der Waals surface area contributed by atoms with Gasteiger partial charge in [-0.05, 0) is 18.9 Å². The quantitative estimate of drug-likeness (QED) is 0.881. The summed E-state index contributed by atoms with van der Waals surface area (Å²) < 4.78 is 0. The normalized spacial score (nSPS) is 10.5. The van der Waals surface area contributed by atoms with E-state index in [1.165, 1.54) is 0 Å². The van der Waals surface area contributed by atoms with Crippen LogP contribution in [0.2, 0.25) is 10.0 Å². The molecule has 0 saturated heterocycles. The van der Waals surface area contributed by atoms with Crippen molar-refractivity contribution in [2.24, 2.45) is 0 Å². The van der Waals surface area contributed by atoms with Gasteiger partial charge in [-0.2, -0.15) is 0 Å². The first-order valence-electron chi connectivity index (χ1n) is 5.46. The van der Waals surface area contributed by atoms with Gasteiger partial charge in [-0.3, -0.25) is 0 Å². The number of rotatable bonds is 5. The number of nitrogens with zero attached hydrogens (tertiary/aromatic N) is 2. The van der Waals surface area contributed by atoms with Gasteiger partial charge in [0.2, 0.25) is 0 Å². The van der Waals surface area contributed by atoms with Gasteiger partial charge in [0.05, 0.1) is 10.0 Å². The van der Waals surface area contributed by atoms with E-state index in [0.717, 1.165) is 31.7 Å². The van der Waals surface area contributed by atoms with Gasteiger partial charge in [0, 0.05) is 13.1 Å². The Morgan fingerprint density at radius 3 is 2.25 bits per heavy atom. The smallest absolute Gasteiger partial charge is 0.149 e. The molecule has 0 saturated carbocycles. The molecular weight excluding hydrogens is 245 g/mol. The fourth-order valence-corrected chi connectivity index (χ4v) is 2.03. The SMILES string of the molecule is CCCN(CCC)c1nc(N)c(Cl)cc1Cl. The zero-order chi connectivity index (χ0) is 12.1. The molecule has 5 heteroatoms. The monoisotopic (exact) mass is 261 g/mol. The van der Waals surface area contributed by atoms with Crippen LogP contribution in [0.4, 0.5) is 11.6 Å². The summed E-state index contributed by atoms with van der Waals surface area (Å²) in [4.78, 5) is 6.38. The lowest BCUT2D eigenvalue weighted by Gasteiger charge is -2.23. The van der Waals surface area contributed by atoms with Gasteiger partial charge in [0.15, 0.2) is 0 Å². The lowest BCUT2D eigenvalue weighted by molar-refractivity contribution is 0.735. The largest absolute Gasteiger partial charge is 0.382 e. The zero-order valence-corrected chi connectivity index (χ0v) is 11.1. The van der Waals surface area contributed by atoms with Crippen LogP contribution in [0.3, 0.4) is 0 Å². The van der Waals surface area contributed by atoms with Gasteiger partial charge in [-0.25, -0.2) is 4.98 Å². The molecule has 1 heterocycles. The van der Waals surface area contributed by atoms with E-state index in [1.54, 1.807) is 6.07 Å². The van der Waals surface area contributed by atoms with E-state index in [1.807, 2.05) is 0 Å². The van der Waals surface area contributed by atoms with Crippen LogP contribution < -0.4 is 10.6 Å². The summed E-state index contributed by atoms with van der Waals surface area (Å²) >= 11 is 12.0. The first-order chi connectivity index (χ1) is 7.60. The molecule has 3 nitrogen and oxygen atoms in total. The third-order valence-electron chi connectivity index (χ3n) is 2.22. The van der Waals surface area contributed by atoms with Crippen LogP contribution in [0.5, 0.6) is 0 Å². The van der Waals surface area contributed by atoms with Crippen LogP contribution in [-0.2, 0) is 0 Å². The maximum atomic E-state index is 6.12. The van der Waals surface area contributed by atoms with Crippen molar-refractivity contribution < 1.29 is 0 Å². The van der Waals surface area contributed by atoms with Crippen molar-refractivity contribution >= 4 is 34.8 Å². The minimum Gasteiger partial charge on any atom is -0.382 e. The summed E-state index contributed by atoms with van der Waals surface area (Å²) in [5.41, 5.74) is 5.69. The molecule has 0 amide bonds. The van der Waals surface area contributed by atoms with Crippen LogP contribution in [0.25, 0.3) is 0 Å². The van der Waals surface area contributed by atoms with Gasteiger partial charge < -0.3 is 10.6 Å². The highest BCUT2D eigenvalue weighted by Gasteiger charge is 2.13. The Bertz CT molecular complexity index is 349. The summed E-state index contributed by atoms with van der Waals surface area (Å²) in [5.74, 6) is 1.06. The standard InChI is InChI=1S/C11H17Cl2N3/c1-3-5-16(6-4-2)11-9(13)7-8(12)10(14)15-11/h7H,3-6H2,1-2H3,(H2,14,15). The number of nitrogens with two attached hydrogens (primary N) is 1. The molecule has 0 aliphatic carbocycles. The number of aromatic nitrogens is 1. The number of halogens is 2. The fraction of sp³-hybridized carbons (Fsp3) is 0.545. The van der Waals surface area contributed by atoms with Gasteiger partial charge in [-0.1, -0.05) is 37.0 Å². The number of nitrogen functional groups attached to an aromatic ring is 1. The summed E-state index contributed by atoms with van der Waals surface area (Å²) in [7, 11) is 0. The van der Waals surface area contributed by atoms with Crippen LogP contribution in [0, 0.1) is 0 Å². The van der Waals surface area contributed by atoms with Crippen molar-refractivity contribution in [2.45, 2.75) is 26.7 Å². The summed E-state index contributed by atoms with van der Waals surface area (Å²) in [6.07, 6.45) is 2.08. The molecular formula is C11H17Cl2N3. The molecule has 0 radical (unpaired) electrons. The average Bonchev–Trinajstić information content (AvgIpc) is 2.23. The van der Waals surface area contributed by atoms with Crippen molar-refractivity contribution in [1.29, 1.82) is 0 Å². The van der Waals surface area contributed by atoms with E-state index in [0.29, 0.717) is 15.9 Å². The Morgan fingerprint density at radius 2 is 1.75 bits per heavy atom. The highest BCUT2D eigenvalue weighted by atomic mass is 35.5. The van der Waals surface area contributed by atoms with Crippen LogP contribution in [0.15, 0.2) is 6.07 Å². The molecule has 1 aromatic heterocycles. The van der Waals surface area contributed by atoms with Gasteiger partial charge in [-0.15, -0.1) is 0 Å². The topological polar surface area (TPSA) is 42.2 Å². The molecule has 0 atom stereocenters. The molecule has 1 rings (SSSR count). The van der Waals surface area contributed by atoms with Gasteiger partial charge >= 0.3 is 0 Å². The molecule has 0 bridgehead atoms. The summed E-state index contributed by atoms with van der Waals surface area (Å²) in [6, 6.07) is 1.65. The zero-order valence-electron chi connectivity index (χ0n) is 9.63. The molecule has 16 heavy (non-hydrogen) atoms. The number of pyridine rings is 1. The maximum absolute atomic E-state index is 6.12. The Balaban J connectivity index is 3.03. The van der Waals surface area contributed by atoms with Gasteiger partial charge in [0.1, 0.15) is 11.6 Å². The molecule has 0 aliphatic heterocycles. The van der Waals surface area contributed by atoms with E-state index in [-0.39, 0.29) is 0 Å². The number of anilines is 2. The van der Waals surface area contributed by atoms with Crippen LogP contribution in [-0.4, -0.2) is 18.1 Å². The molecule has 0 aliphatic rings. The molecule has 1 aromatic rings. The van der Waals surface area contributed by atoms with E-state index in [4.69, 9.17) is 28.9 Å². The lowest BCUT2D eigenvalue weighted by atomic mass is 10.3. The van der Waals surface area contributed by atoms with E-state index >= 15 is 0 Å². The first-order valence-corrected chi connectivity index (χ1v) is 6.22. The number of hydrogen-bond donors (Lipinski definition) is 1. The second-order valence-electron chi connectivity index (χ2n) is 3.65. The fourth-order valence-electron chi connectivity index (χ4n) is 1.56. The van der Waals surface area contributed by atoms with Crippen LogP contribution in [0.1, 0.15) is 26.7 Å². The molecule has 0 aromatic carbocycles. The molecule has 0 unspecified atom stereocenters. The van der Waals surface area contributed by atoms with E-state index in [2.05, 4.69) is 23.7 Å². The van der Waals surface area contributed by atoms with Crippen molar-refractivity contribution in [1.82, 2.24) is 4.98 Å². The third kappa shape index (κ3) is 3.16. The lowest BCUT2D eigenvalue weighted by Crippen LogP contribution is -2.26. The summed E-state index contributed by atoms with van der Waals surface area (Å²) in [5, 5.41) is 0.961. The predicted octanol–water partition coefficient (Wildman–Crippen LogP) is 3.60. The predicted molar refractivity (Wildman–Crippen MR) is 71.5 cm³/mol. The highest BCUT2D eigenvalue weighted by molar-refractivity contribution is 6.37. The van der Waals surface area contributed by atoms with Crippen molar-refractivity contribution in [3.8, 4) is 0 Å². The highest BCUT2D eigenvalue weighted by Crippen LogP contribution is 2.30. The van der Waals surface area contributed by atoms with Gasteiger partial charge in [0.25, 0.3) is 0 Å². The molecule has 2 N–H and O–H groups in total. The van der Waals surface area contributed by atoms with Crippen molar-refractivity contribution in [3.05, 3.63) is 16.1 Å². The van der Waals surface area contributed by atoms with E-state index in [9.17, 15) is 0 Å². The average molecular weight is 262 g/mol. The minimum absolute atomic E-state index is 0.332.